The molecule has 2 atom stereocenters. The summed E-state index contributed by atoms with van der Waals surface area (Å²) in [5, 5.41) is 7.67. The third kappa shape index (κ3) is 3.40. The maximum absolute atomic E-state index is 5.51. The minimum atomic E-state index is 0.541. The fourth-order valence-corrected chi connectivity index (χ4v) is 3.75. The van der Waals surface area contributed by atoms with Gasteiger partial charge in [-0.15, -0.1) is 0 Å². The first-order valence-electron chi connectivity index (χ1n) is 8.38. The van der Waals surface area contributed by atoms with Gasteiger partial charge in [-0.2, -0.15) is 4.98 Å². The Kier molecular flexibility index (Phi) is 4.71. The molecule has 4 nitrogen and oxygen atoms in total. The second-order valence-corrected chi connectivity index (χ2v) is 6.58. The largest absolute Gasteiger partial charge is 0.339 e. The summed E-state index contributed by atoms with van der Waals surface area (Å²) in [4.78, 5) is 4.70. The molecule has 2 aliphatic rings. The maximum Gasteiger partial charge on any atom is 0.226 e. The van der Waals surface area contributed by atoms with E-state index in [4.69, 9.17) is 9.51 Å². The van der Waals surface area contributed by atoms with Gasteiger partial charge in [0.25, 0.3) is 0 Å². The molecule has 1 aromatic rings. The smallest absolute Gasteiger partial charge is 0.226 e. The average molecular weight is 277 g/mol. The van der Waals surface area contributed by atoms with Gasteiger partial charge < -0.3 is 9.84 Å². The minimum absolute atomic E-state index is 0.541. The molecule has 3 rings (SSSR count). The van der Waals surface area contributed by atoms with Crippen molar-refractivity contribution in [1.82, 2.24) is 15.5 Å². The second kappa shape index (κ2) is 6.70. The van der Waals surface area contributed by atoms with E-state index in [1.54, 1.807) is 0 Å². The molecule has 2 heterocycles. The van der Waals surface area contributed by atoms with E-state index in [2.05, 4.69) is 17.4 Å². The van der Waals surface area contributed by atoms with Crippen molar-refractivity contribution in [2.24, 2.45) is 11.8 Å². The van der Waals surface area contributed by atoms with Crippen molar-refractivity contribution in [3.63, 3.8) is 0 Å². The molecule has 2 unspecified atom stereocenters. The Bertz CT molecular complexity index is 412. The standard InChI is InChI=1S/C16H27N3O/c1-2-12-4-3-5-14(10-12)16-18-15(20-19-16)11-13-6-8-17-9-7-13/h12-14,17H,2-11H2,1H3. The molecule has 0 amide bonds. The molecule has 1 aliphatic carbocycles. The minimum Gasteiger partial charge on any atom is -0.339 e. The average Bonchev–Trinajstić information content (AvgIpc) is 2.97. The highest BCUT2D eigenvalue weighted by Crippen LogP contribution is 2.36. The Balaban J connectivity index is 1.58. The van der Waals surface area contributed by atoms with Crippen molar-refractivity contribution in [3.05, 3.63) is 11.7 Å². The van der Waals surface area contributed by atoms with Gasteiger partial charge in [0.2, 0.25) is 5.89 Å². The van der Waals surface area contributed by atoms with Crippen LogP contribution in [0.4, 0.5) is 0 Å². The third-order valence-electron chi connectivity index (χ3n) is 5.13. The van der Waals surface area contributed by atoms with E-state index in [0.29, 0.717) is 5.92 Å². The van der Waals surface area contributed by atoms with E-state index in [1.165, 1.54) is 44.9 Å². The van der Waals surface area contributed by atoms with Crippen LogP contribution >= 0.6 is 0 Å². The first kappa shape index (κ1) is 14.1. The van der Waals surface area contributed by atoms with E-state index in [9.17, 15) is 0 Å². The fraction of sp³-hybridized carbons (Fsp3) is 0.875. The molecule has 112 valence electrons. The highest BCUT2D eigenvalue weighted by atomic mass is 16.5. The van der Waals surface area contributed by atoms with Gasteiger partial charge in [0.15, 0.2) is 5.82 Å². The van der Waals surface area contributed by atoms with Gasteiger partial charge in [-0.3, -0.25) is 0 Å². The second-order valence-electron chi connectivity index (χ2n) is 6.58. The molecule has 0 bridgehead atoms. The molecule has 0 spiro atoms. The van der Waals surface area contributed by atoms with Crippen LogP contribution < -0.4 is 5.32 Å². The molecule has 1 aromatic heterocycles. The molecular formula is C16H27N3O. The van der Waals surface area contributed by atoms with Crippen LogP contribution in [0.5, 0.6) is 0 Å². The van der Waals surface area contributed by atoms with Crippen molar-refractivity contribution < 1.29 is 4.52 Å². The molecule has 1 N–H and O–H groups in total. The molecule has 0 aromatic carbocycles. The quantitative estimate of drug-likeness (QED) is 0.917. The van der Waals surface area contributed by atoms with Gasteiger partial charge in [0, 0.05) is 12.3 Å². The van der Waals surface area contributed by atoms with Gasteiger partial charge in [-0.1, -0.05) is 31.3 Å². The van der Waals surface area contributed by atoms with Crippen LogP contribution in [0.1, 0.15) is 69.5 Å². The van der Waals surface area contributed by atoms with E-state index in [0.717, 1.165) is 43.1 Å². The van der Waals surface area contributed by atoms with Crippen LogP contribution in [0.25, 0.3) is 0 Å². The summed E-state index contributed by atoms with van der Waals surface area (Å²) in [7, 11) is 0. The Morgan fingerprint density at radius 1 is 1.15 bits per heavy atom. The Labute approximate surface area is 121 Å². The van der Waals surface area contributed by atoms with Crippen molar-refractivity contribution in [3.8, 4) is 0 Å². The summed E-state index contributed by atoms with van der Waals surface area (Å²) >= 11 is 0. The first-order chi connectivity index (χ1) is 9.85. The number of nitrogens with zero attached hydrogens (tertiary/aromatic N) is 2. The Morgan fingerprint density at radius 3 is 2.80 bits per heavy atom. The lowest BCUT2D eigenvalue weighted by Gasteiger charge is -2.26. The highest BCUT2D eigenvalue weighted by Gasteiger charge is 2.26. The summed E-state index contributed by atoms with van der Waals surface area (Å²) in [5.74, 6) is 3.97. The zero-order chi connectivity index (χ0) is 13.8. The Hall–Kier alpha value is -0.900. The number of hydrogen-bond donors (Lipinski definition) is 1. The molecule has 4 heteroatoms. The van der Waals surface area contributed by atoms with Gasteiger partial charge in [0.05, 0.1) is 0 Å². The molecule has 0 radical (unpaired) electrons. The number of piperidine rings is 1. The summed E-state index contributed by atoms with van der Waals surface area (Å²) in [6.45, 7) is 4.56. The molecule has 1 saturated heterocycles. The summed E-state index contributed by atoms with van der Waals surface area (Å²) in [5.41, 5.74) is 0. The zero-order valence-electron chi connectivity index (χ0n) is 12.6. The van der Waals surface area contributed by atoms with Crippen LogP contribution in [0.2, 0.25) is 0 Å². The molecule has 2 fully saturated rings. The van der Waals surface area contributed by atoms with E-state index in [1.807, 2.05) is 0 Å². The lowest BCUT2D eigenvalue weighted by atomic mass is 9.80. The van der Waals surface area contributed by atoms with Gasteiger partial charge in [-0.25, -0.2) is 0 Å². The normalized spacial score (nSPS) is 28.6. The number of nitrogens with one attached hydrogen (secondary N) is 1. The molecule has 1 aliphatic heterocycles. The van der Waals surface area contributed by atoms with Gasteiger partial charge in [0.1, 0.15) is 0 Å². The fourth-order valence-electron chi connectivity index (χ4n) is 3.75. The van der Waals surface area contributed by atoms with E-state index >= 15 is 0 Å². The monoisotopic (exact) mass is 277 g/mol. The predicted octanol–water partition coefficient (Wildman–Crippen LogP) is 3.30. The molecule has 1 saturated carbocycles. The van der Waals surface area contributed by atoms with E-state index < -0.39 is 0 Å². The first-order valence-corrected chi connectivity index (χ1v) is 8.38. The zero-order valence-corrected chi connectivity index (χ0v) is 12.6. The van der Waals surface area contributed by atoms with Crippen LogP contribution in [-0.4, -0.2) is 23.2 Å². The predicted molar refractivity (Wildman–Crippen MR) is 78.6 cm³/mol. The summed E-state index contributed by atoms with van der Waals surface area (Å²) < 4.78 is 5.51. The van der Waals surface area contributed by atoms with Crippen molar-refractivity contribution >= 4 is 0 Å². The molecule has 20 heavy (non-hydrogen) atoms. The number of hydrogen-bond acceptors (Lipinski definition) is 4. The molecular weight excluding hydrogens is 250 g/mol. The van der Waals surface area contributed by atoms with Crippen LogP contribution in [-0.2, 0) is 6.42 Å². The SMILES string of the molecule is CCC1CCCC(c2noc(CC3CCNCC3)n2)C1. The van der Waals surface area contributed by atoms with Crippen LogP contribution in [0, 0.1) is 11.8 Å². The third-order valence-corrected chi connectivity index (χ3v) is 5.13. The van der Waals surface area contributed by atoms with Crippen molar-refractivity contribution in [1.29, 1.82) is 0 Å². The topological polar surface area (TPSA) is 51.0 Å². The van der Waals surface area contributed by atoms with Crippen molar-refractivity contribution in [2.75, 3.05) is 13.1 Å². The maximum atomic E-state index is 5.51. The lowest BCUT2D eigenvalue weighted by Crippen LogP contribution is -2.28. The van der Waals surface area contributed by atoms with Gasteiger partial charge >= 0.3 is 0 Å². The summed E-state index contributed by atoms with van der Waals surface area (Å²) in [6, 6.07) is 0. The van der Waals surface area contributed by atoms with E-state index in [-0.39, 0.29) is 0 Å². The number of aromatic nitrogens is 2. The van der Waals surface area contributed by atoms with Crippen LogP contribution in [0.15, 0.2) is 4.52 Å². The Morgan fingerprint density at radius 2 is 2.00 bits per heavy atom. The lowest BCUT2D eigenvalue weighted by molar-refractivity contribution is 0.292. The van der Waals surface area contributed by atoms with Crippen LogP contribution in [0.3, 0.4) is 0 Å². The number of rotatable bonds is 4. The highest BCUT2D eigenvalue weighted by molar-refractivity contribution is 4.98. The van der Waals surface area contributed by atoms with Gasteiger partial charge in [-0.05, 0) is 50.6 Å². The summed E-state index contributed by atoms with van der Waals surface area (Å²) in [6.07, 6.45) is 9.92. The van der Waals surface area contributed by atoms with Crippen molar-refractivity contribution in [2.45, 2.75) is 64.2 Å².